The minimum atomic E-state index is 0.327. The van der Waals surface area contributed by atoms with Crippen LogP contribution >= 0.6 is 15.9 Å². The second-order valence-electron chi connectivity index (χ2n) is 6.00. The van der Waals surface area contributed by atoms with Crippen LogP contribution in [0.4, 0.5) is 0 Å². The van der Waals surface area contributed by atoms with Gasteiger partial charge in [-0.15, -0.1) is 0 Å². The number of benzene rings is 1. The van der Waals surface area contributed by atoms with Gasteiger partial charge in [0, 0.05) is 16.0 Å². The van der Waals surface area contributed by atoms with Gasteiger partial charge in [-0.25, -0.2) is 0 Å². The molecule has 3 fully saturated rings. The lowest BCUT2D eigenvalue weighted by Gasteiger charge is -2.51. The van der Waals surface area contributed by atoms with Crippen LogP contribution in [0.3, 0.4) is 0 Å². The van der Waals surface area contributed by atoms with E-state index in [1.165, 1.54) is 44.1 Å². The summed E-state index contributed by atoms with van der Waals surface area (Å²) in [4.78, 5) is 0. The molecule has 1 aromatic rings. The smallest absolute Gasteiger partial charge is 0.126 e. The summed E-state index contributed by atoms with van der Waals surface area (Å²) in [5.74, 6) is 1.86. The van der Waals surface area contributed by atoms with Crippen molar-refractivity contribution >= 4 is 15.9 Å². The number of hydrogen-bond acceptors (Lipinski definition) is 2. The van der Waals surface area contributed by atoms with Gasteiger partial charge in [-0.1, -0.05) is 22.0 Å². The topological polar surface area (TPSA) is 18.5 Å². The Balaban J connectivity index is 1.98. The van der Waals surface area contributed by atoms with Crippen LogP contribution < -0.4 is 9.47 Å². The van der Waals surface area contributed by atoms with Crippen molar-refractivity contribution < 1.29 is 9.47 Å². The van der Waals surface area contributed by atoms with Crippen LogP contribution in [0, 0.1) is 0 Å². The SMILES string of the molecule is COc1ccc(C23CCC(Br)(CC2)CC3)c(OC)c1. The van der Waals surface area contributed by atoms with E-state index in [-0.39, 0.29) is 0 Å². The molecule has 1 aromatic carbocycles. The summed E-state index contributed by atoms with van der Waals surface area (Å²) in [7, 11) is 3.46. The number of ether oxygens (including phenoxy) is 2. The largest absolute Gasteiger partial charge is 0.497 e. The predicted molar refractivity (Wildman–Crippen MR) is 80.6 cm³/mol. The number of rotatable bonds is 3. The van der Waals surface area contributed by atoms with Crippen molar-refractivity contribution in [2.75, 3.05) is 14.2 Å². The molecule has 3 aliphatic carbocycles. The van der Waals surface area contributed by atoms with Gasteiger partial charge in [0.2, 0.25) is 0 Å². The number of alkyl halides is 1. The molecule has 2 bridgehead atoms. The molecule has 0 aromatic heterocycles. The molecular formula is C16H21BrO2. The Morgan fingerprint density at radius 1 is 0.947 bits per heavy atom. The van der Waals surface area contributed by atoms with Crippen molar-refractivity contribution in [1.29, 1.82) is 0 Å². The summed E-state index contributed by atoms with van der Waals surface area (Å²) in [5, 5.41) is 0. The lowest BCUT2D eigenvalue weighted by Crippen LogP contribution is -2.44. The first-order chi connectivity index (χ1) is 9.11. The second-order valence-corrected chi connectivity index (χ2v) is 7.68. The molecule has 3 aliphatic rings. The maximum atomic E-state index is 5.62. The summed E-state index contributed by atoms with van der Waals surface area (Å²) in [6, 6.07) is 6.30. The highest BCUT2D eigenvalue weighted by atomic mass is 79.9. The van der Waals surface area contributed by atoms with Crippen molar-refractivity contribution in [2.24, 2.45) is 0 Å². The van der Waals surface area contributed by atoms with Gasteiger partial charge in [0.15, 0.2) is 0 Å². The fourth-order valence-corrected chi connectivity index (χ4v) is 4.38. The maximum absolute atomic E-state index is 5.62. The monoisotopic (exact) mass is 324 g/mol. The van der Waals surface area contributed by atoms with E-state index in [4.69, 9.17) is 9.47 Å². The minimum Gasteiger partial charge on any atom is -0.497 e. The Kier molecular flexibility index (Phi) is 3.28. The molecule has 0 spiro atoms. The third-order valence-electron chi connectivity index (χ3n) is 5.13. The Bertz CT molecular complexity index is 459. The van der Waals surface area contributed by atoms with Crippen LogP contribution in [0.2, 0.25) is 0 Å². The molecule has 2 nitrogen and oxygen atoms in total. The van der Waals surface area contributed by atoms with Gasteiger partial charge in [0.25, 0.3) is 0 Å². The molecule has 0 atom stereocenters. The molecule has 4 rings (SSSR count). The van der Waals surface area contributed by atoms with Crippen LogP contribution in [0.25, 0.3) is 0 Å². The zero-order valence-corrected chi connectivity index (χ0v) is 13.3. The van der Waals surface area contributed by atoms with Gasteiger partial charge < -0.3 is 9.47 Å². The first-order valence-electron chi connectivity index (χ1n) is 7.02. The zero-order chi connectivity index (χ0) is 13.5. The van der Waals surface area contributed by atoms with Gasteiger partial charge in [0.05, 0.1) is 14.2 Å². The average Bonchev–Trinajstić information content (AvgIpc) is 2.48. The summed E-state index contributed by atoms with van der Waals surface area (Å²) in [5.41, 5.74) is 1.71. The zero-order valence-electron chi connectivity index (χ0n) is 11.7. The Morgan fingerprint density at radius 2 is 1.58 bits per heavy atom. The number of hydrogen-bond donors (Lipinski definition) is 0. The van der Waals surface area contributed by atoms with Gasteiger partial charge in [-0.2, -0.15) is 0 Å². The lowest BCUT2D eigenvalue weighted by molar-refractivity contribution is 0.159. The summed E-state index contributed by atoms with van der Waals surface area (Å²) in [6.45, 7) is 0. The van der Waals surface area contributed by atoms with E-state index in [1.54, 1.807) is 14.2 Å². The highest BCUT2D eigenvalue weighted by molar-refractivity contribution is 9.10. The van der Waals surface area contributed by atoms with Gasteiger partial charge >= 0.3 is 0 Å². The Labute approximate surface area is 123 Å². The lowest BCUT2D eigenvalue weighted by atomic mass is 9.58. The molecule has 0 N–H and O–H groups in total. The summed E-state index contributed by atoms with van der Waals surface area (Å²) < 4.78 is 11.3. The van der Waals surface area contributed by atoms with Gasteiger partial charge in [0.1, 0.15) is 11.5 Å². The molecular weight excluding hydrogens is 304 g/mol. The fourth-order valence-electron chi connectivity index (χ4n) is 3.78. The quantitative estimate of drug-likeness (QED) is 0.765. The van der Waals surface area contributed by atoms with Crippen LogP contribution in [0.1, 0.15) is 44.1 Å². The first-order valence-corrected chi connectivity index (χ1v) is 7.82. The molecule has 104 valence electrons. The molecule has 0 radical (unpaired) electrons. The van der Waals surface area contributed by atoms with Crippen molar-refractivity contribution in [2.45, 2.75) is 48.3 Å². The van der Waals surface area contributed by atoms with Crippen molar-refractivity contribution in [3.05, 3.63) is 23.8 Å². The molecule has 19 heavy (non-hydrogen) atoms. The normalized spacial score (nSPS) is 33.2. The van der Waals surface area contributed by atoms with Crippen LogP contribution in [0.15, 0.2) is 18.2 Å². The minimum absolute atomic E-state index is 0.327. The average molecular weight is 325 g/mol. The molecule has 0 aliphatic heterocycles. The fraction of sp³-hybridized carbons (Fsp3) is 0.625. The number of halogens is 1. The third-order valence-corrected chi connectivity index (χ3v) is 6.32. The highest BCUT2D eigenvalue weighted by Crippen LogP contribution is 2.58. The molecule has 0 unspecified atom stereocenters. The van der Waals surface area contributed by atoms with E-state index >= 15 is 0 Å². The first kappa shape index (κ1) is 13.3. The van der Waals surface area contributed by atoms with Crippen LogP contribution in [0.5, 0.6) is 11.5 Å². The number of methoxy groups -OCH3 is 2. The summed E-state index contributed by atoms with van der Waals surface area (Å²) >= 11 is 3.94. The molecule has 3 saturated carbocycles. The standard InChI is InChI=1S/C16H21BrO2/c1-18-12-3-4-13(14(11-12)19-2)15-5-8-16(17,9-6-15)10-7-15/h3-4,11H,5-10H2,1-2H3. The summed E-state index contributed by atoms with van der Waals surface area (Å²) in [6.07, 6.45) is 7.63. The predicted octanol–water partition coefficient (Wildman–Crippen LogP) is 4.44. The van der Waals surface area contributed by atoms with Gasteiger partial charge in [-0.3, -0.25) is 0 Å². The van der Waals surface area contributed by atoms with E-state index in [1.807, 2.05) is 6.07 Å². The molecule has 0 saturated heterocycles. The van der Waals surface area contributed by atoms with Crippen LogP contribution in [-0.2, 0) is 5.41 Å². The molecule has 3 heteroatoms. The molecule has 0 heterocycles. The number of fused-ring (bicyclic) bond motifs is 3. The van der Waals surface area contributed by atoms with E-state index in [9.17, 15) is 0 Å². The van der Waals surface area contributed by atoms with Crippen molar-refractivity contribution in [1.82, 2.24) is 0 Å². The van der Waals surface area contributed by atoms with Crippen molar-refractivity contribution in [3.63, 3.8) is 0 Å². The van der Waals surface area contributed by atoms with E-state index in [2.05, 4.69) is 28.1 Å². The van der Waals surface area contributed by atoms with Crippen molar-refractivity contribution in [3.8, 4) is 11.5 Å². The Morgan fingerprint density at radius 3 is 2.11 bits per heavy atom. The maximum Gasteiger partial charge on any atom is 0.126 e. The molecule has 0 amide bonds. The van der Waals surface area contributed by atoms with E-state index in [0.29, 0.717) is 9.74 Å². The Hall–Kier alpha value is -0.700. The van der Waals surface area contributed by atoms with E-state index in [0.717, 1.165) is 11.5 Å². The van der Waals surface area contributed by atoms with E-state index < -0.39 is 0 Å². The van der Waals surface area contributed by atoms with Crippen LogP contribution in [-0.4, -0.2) is 18.5 Å². The third kappa shape index (κ3) is 2.16. The van der Waals surface area contributed by atoms with Gasteiger partial charge in [-0.05, 0) is 50.0 Å². The highest BCUT2D eigenvalue weighted by Gasteiger charge is 2.49. The second kappa shape index (κ2) is 4.69.